The predicted molar refractivity (Wildman–Crippen MR) is 195 cm³/mol. The molecule has 0 aromatic heterocycles. The lowest BCUT2D eigenvalue weighted by Crippen LogP contribution is -2.52. The van der Waals surface area contributed by atoms with Crippen LogP contribution in [-0.2, 0) is 0 Å². The summed E-state index contributed by atoms with van der Waals surface area (Å²) >= 11 is 0. The number of rotatable bonds is 10. The van der Waals surface area contributed by atoms with Crippen LogP contribution in [0.15, 0.2) is 35.7 Å². The molecule has 2 saturated carbocycles. The first-order valence-corrected chi connectivity index (χ1v) is 20.8. The zero-order valence-corrected chi connectivity index (χ0v) is 30.9. The summed E-state index contributed by atoms with van der Waals surface area (Å²) in [5, 5.41) is 1.79. The van der Waals surface area contributed by atoms with E-state index in [0.717, 1.165) is 79.6 Å². The van der Waals surface area contributed by atoms with Crippen molar-refractivity contribution in [3.63, 3.8) is 0 Å². The van der Waals surface area contributed by atoms with Crippen LogP contribution in [0.5, 0.6) is 0 Å². The van der Waals surface area contributed by atoms with Crippen molar-refractivity contribution in [2.75, 3.05) is 6.16 Å². The molecule has 246 valence electrons. The highest BCUT2D eigenvalue weighted by molar-refractivity contribution is 7.43. The SMILES string of the molecule is C=CCC1/C(=C\C)PCC1C1[C@H](CC)C(C[C@H](C)C2=CCC(C)CC2)[C@H]([C@@H]2CCCCCC(C)CCC2)[C@H](CC)[C@@H]1CC. The van der Waals surface area contributed by atoms with Crippen molar-refractivity contribution < 1.29 is 0 Å². The summed E-state index contributed by atoms with van der Waals surface area (Å²) in [7, 11) is 1.06. The van der Waals surface area contributed by atoms with Crippen molar-refractivity contribution in [3.8, 4) is 0 Å². The molecule has 0 nitrogen and oxygen atoms in total. The molecule has 4 aliphatic rings. The fourth-order valence-corrected chi connectivity index (χ4v) is 13.4. The molecule has 13 atom stereocenters. The van der Waals surface area contributed by atoms with E-state index in [0.29, 0.717) is 0 Å². The van der Waals surface area contributed by atoms with E-state index < -0.39 is 0 Å². The van der Waals surface area contributed by atoms with Gasteiger partial charge in [-0.25, -0.2) is 0 Å². The second-order valence-corrected chi connectivity index (χ2v) is 17.5. The van der Waals surface area contributed by atoms with Crippen LogP contribution in [0.2, 0.25) is 0 Å². The Morgan fingerprint density at radius 1 is 0.837 bits per heavy atom. The lowest BCUT2D eigenvalue weighted by molar-refractivity contribution is -0.0862. The average Bonchev–Trinajstić information content (AvgIpc) is 3.41. The van der Waals surface area contributed by atoms with Gasteiger partial charge in [0.25, 0.3) is 0 Å². The Morgan fingerprint density at radius 3 is 2.14 bits per heavy atom. The molecule has 3 fully saturated rings. The molecule has 0 bridgehead atoms. The zero-order chi connectivity index (χ0) is 30.9. The third kappa shape index (κ3) is 8.52. The number of hydrogen-bond acceptors (Lipinski definition) is 0. The molecule has 7 unspecified atom stereocenters. The fourth-order valence-electron chi connectivity index (χ4n) is 11.6. The third-order valence-electron chi connectivity index (χ3n) is 13.7. The van der Waals surface area contributed by atoms with Crippen LogP contribution in [0.4, 0.5) is 0 Å². The van der Waals surface area contributed by atoms with E-state index in [2.05, 4.69) is 73.3 Å². The summed E-state index contributed by atoms with van der Waals surface area (Å²) < 4.78 is 0. The summed E-state index contributed by atoms with van der Waals surface area (Å²) in [4.78, 5) is 0. The van der Waals surface area contributed by atoms with E-state index in [1.54, 1.807) is 5.31 Å². The van der Waals surface area contributed by atoms with Crippen molar-refractivity contribution >= 4 is 8.58 Å². The Bertz CT molecular complexity index is 897. The van der Waals surface area contributed by atoms with Crippen LogP contribution in [0, 0.1) is 71.0 Å². The van der Waals surface area contributed by atoms with Gasteiger partial charge >= 0.3 is 0 Å². The van der Waals surface area contributed by atoms with E-state index in [4.69, 9.17) is 0 Å². The van der Waals surface area contributed by atoms with E-state index in [9.17, 15) is 0 Å². The van der Waals surface area contributed by atoms with Crippen LogP contribution in [-0.4, -0.2) is 6.16 Å². The van der Waals surface area contributed by atoms with Crippen LogP contribution >= 0.6 is 8.58 Å². The average molecular weight is 609 g/mol. The van der Waals surface area contributed by atoms with Crippen LogP contribution < -0.4 is 0 Å². The molecule has 0 N–H and O–H groups in total. The van der Waals surface area contributed by atoms with Crippen LogP contribution in [0.1, 0.15) is 151 Å². The molecule has 0 aromatic rings. The minimum atomic E-state index is 0.763. The maximum atomic E-state index is 4.27. The summed E-state index contributed by atoms with van der Waals surface area (Å²) in [6.07, 6.45) is 31.8. The maximum absolute atomic E-state index is 4.27. The van der Waals surface area contributed by atoms with Crippen molar-refractivity contribution in [1.29, 1.82) is 0 Å². The van der Waals surface area contributed by atoms with Gasteiger partial charge in [-0.1, -0.05) is 145 Å². The van der Waals surface area contributed by atoms with Gasteiger partial charge in [-0.2, -0.15) is 0 Å². The molecule has 3 aliphatic carbocycles. The normalized spacial score (nSPS) is 42.1. The molecule has 4 rings (SSSR count). The molecule has 0 amide bonds. The van der Waals surface area contributed by atoms with Gasteiger partial charge in [-0.05, 0) is 122 Å². The van der Waals surface area contributed by atoms with Gasteiger partial charge in [0.05, 0.1) is 0 Å². The van der Waals surface area contributed by atoms with Gasteiger partial charge in [0.15, 0.2) is 0 Å². The van der Waals surface area contributed by atoms with Gasteiger partial charge in [0, 0.05) is 0 Å². The number of hydrogen-bond donors (Lipinski definition) is 0. The Balaban J connectivity index is 1.75. The van der Waals surface area contributed by atoms with Gasteiger partial charge in [0.1, 0.15) is 0 Å². The second kappa shape index (κ2) is 17.5. The molecule has 0 radical (unpaired) electrons. The quantitative estimate of drug-likeness (QED) is 0.171. The first-order valence-electron chi connectivity index (χ1n) is 19.6. The van der Waals surface area contributed by atoms with Gasteiger partial charge < -0.3 is 0 Å². The molecule has 1 saturated heterocycles. The molecular weight excluding hydrogens is 535 g/mol. The highest BCUT2D eigenvalue weighted by atomic mass is 31.1. The first-order chi connectivity index (χ1) is 20.9. The monoisotopic (exact) mass is 609 g/mol. The van der Waals surface area contributed by atoms with Crippen LogP contribution in [0.3, 0.4) is 0 Å². The largest absolute Gasteiger partial charge is 0.103 e. The van der Waals surface area contributed by atoms with Crippen molar-refractivity contribution in [2.45, 2.75) is 151 Å². The maximum Gasteiger partial charge on any atom is -0.00943 e. The van der Waals surface area contributed by atoms with Crippen molar-refractivity contribution in [2.24, 2.45) is 71.0 Å². The molecule has 1 heteroatoms. The van der Waals surface area contributed by atoms with E-state index in [1.807, 2.05) is 5.57 Å². The third-order valence-corrected chi connectivity index (χ3v) is 15.5. The minimum Gasteiger partial charge on any atom is -0.103 e. The number of allylic oxidation sites excluding steroid dienone is 5. The van der Waals surface area contributed by atoms with E-state index >= 15 is 0 Å². The molecule has 0 aromatic carbocycles. The Morgan fingerprint density at radius 2 is 1.49 bits per heavy atom. The zero-order valence-electron chi connectivity index (χ0n) is 29.9. The van der Waals surface area contributed by atoms with E-state index in [-0.39, 0.29) is 0 Å². The summed E-state index contributed by atoms with van der Waals surface area (Å²) in [6.45, 7) is 22.1. The predicted octanol–water partition coefficient (Wildman–Crippen LogP) is 13.5. The lowest BCUT2D eigenvalue weighted by atomic mass is 9.47. The summed E-state index contributed by atoms with van der Waals surface area (Å²) in [6, 6.07) is 0. The first kappa shape index (κ1) is 35.5. The molecule has 43 heavy (non-hydrogen) atoms. The lowest BCUT2D eigenvalue weighted by Gasteiger charge is -2.57. The topological polar surface area (TPSA) is 0 Å². The van der Waals surface area contributed by atoms with Crippen LogP contribution in [0.25, 0.3) is 0 Å². The Hall–Kier alpha value is -0.350. The highest BCUT2D eigenvalue weighted by Gasteiger charge is 2.54. The highest BCUT2D eigenvalue weighted by Crippen LogP contribution is 2.62. The molecule has 1 aliphatic heterocycles. The standard InChI is InChI=1S/C42H73P/c1-9-18-37-39(28-43-40(37)13-5)42-35(11-3)34(10-2)41(33-21-16-14-15-19-29(6)20-17-22-33)38(36(42)12-4)27-31(8)32-25-23-30(7)24-26-32/h9,13,25,29-31,33-39,41-43H,1,10-12,14-24,26-28H2,2-8H3/b40-13+/t29?,30?,31-,33+,34+,35-,36+,37?,38?,39?,41+,42?/m0/s1. The van der Waals surface area contributed by atoms with Crippen molar-refractivity contribution in [1.82, 2.24) is 0 Å². The molecule has 0 spiro atoms. The van der Waals surface area contributed by atoms with Crippen molar-refractivity contribution in [3.05, 3.63) is 35.7 Å². The van der Waals surface area contributed by atoms with Gasteiger partial charge in [0.2, 0.25) is 0 Å². The van der Waals surface area contributed by atoms with Gasteiger partial charge in [-0.15, -0.1) is 6.58 Å². The second-order valence-electron chi connectivity index (χ2n) is 16.2. The smallest absolute Gasteiger partial charge is 0.00943 e. The Labute approximate surface area is 272 Å². The van der Waals surface area contributed by atoms with Gasteiger partial charge in [-0.3, -0.25) is 0 Å². The summed E-state index contributed by atoms with van der Waals surface area (Å²) in [5.74, 6) is 10.7. The molecule has 1 heterocycles. The Kier molecular flexibility index (Phi) is 14.5. The minimum absolute atomic E-state index is 0.763. The summed E-state index contributed by atoms with van der Waals surface area (Å²) in [5.41, 5.74) is 1.83. The fraction of sp³-hybridized carbons (Fsp3) is 0.857. The molecular formula is C42H73P. The van der Waals surface area contributed by atoms with E-state index in [1.165, 1.54) is 109 Å².